The van der Waals surface area contributed by atoms with Crippen molar-refractivity contribution in [3.63, 3.8) is 0 Å². The highest BCUT2D eigenvalue weighted by Crippen LogP contribution is 2.31. The lowest BCUT2D eigenvalue weighted by molar-refractivity contribution is 0.233. The molecule has 0 aromatic rings. The molecule has 0 aliphatic heterocycles. The second-order valence-corrected chi connectivity index (χ2v) is 7.74. The van der Waals surface area contributed by atoms with E-state index in [1.54, 1.807) is 14.2 Å². The van der Waals surface area contributed by atoms with E-state index in [9.17, 15) is 0 Å². The number of hydrogen-bond acceptors (Lipinski definition) is 2. The molecule has 0 radical (unpaired) electrons. The summed E-state index contributed by atoms with van der Waals surface area (Å²) in [7, 11) is 1.80. The maximum Gasteiger partial charge on any atom is 0.334 e. The Bertz CT molecular complexity index is 140. The molecule has 0 aromatic heterocycles. The number of rotatable bonds is 4. The Hall–Kier alpha value is 0.137. The summed E-state index contributed by atoms with van der Waals surface area (Å²) >= 11 is 0. The minimum absolute atomic E-state index is 0.866. The fourth-order valence-electron chi connectivity index (χ4n) is 2.17. The largest absolute Gasteiger partial charge is 0.398 e. The minimum Gasteiger partial charge on any atom is -0.398 e. The van der Waals surface area contributed by atoms with Crippen molar-refractivity contribution in [2.45, 2.75) is 44.7 Å². The highest BCUT2D eigenvalue weighted by atomic mass is 28.4. The number of hydrogen-bond donors (Lipinski definition) is 0. The van der Waals surface area contributed by atoms with E-state index in [-0.39, 0.29) is 0 Å². The maximum absolute atomic E-state index is 5.51. The summed E-state index contributed by atoms with van der Waals surface area (Å²) < 4.78 is 11.0. The highest BCUT2D eigenvalue weighted by Gasteiger charge is 2.32. The Labute approximate surface area is 82.9 Å². The van der Waals surface area contributed by atoms with E-state index >= 15 is 0 Å². The summed E-state index contributed by atoms with van der Waals surface area (Å²) in [6.45, 7) is 2.17. The van der Waals surface area contributed by atoms with E-state index < -0.39 is 8.56 Å². The molecule has 0 amide bonds. The van der Waals surface area contributed by atoms with Gasteiger partial charge in [0, 0.05) is 14.2 Å². The molecule has 1 aliphatic rings. The van der Waals surface area contributed by atoms with Crippen LogP contribution in [0.1, 0.15) is 32.1 Å². The fraction of sp³-hybridized carbons (Fsp3) is 1.00. The quantitative estimate of drug-likeness (QED) is 0.653. The standard InChI is InChI=1S/C10H22O2Si/c1-11-13(3,12-2)9-10-7-5-4-6-8-10/h10H,4-9H2,1-3H3. The highest BCUT2D eigenvalue weighted by molar-refractivity contribution is 6.66. The molecule has 13 heavy (non-hydrogen) atoms. The van der Waals surface area contributed by atoms with Crippen molar-refractivity contribution in [2.24, 2.45) is 5.92 Å². The summed E-state index contributed by atoms with van der Waals surface area (Å²) in [5.74, 6) is 0.866. The molecule has 1 rings (SSSR count). The van der Waals surface area contributed by atoms with Gasteiger partial charge in [-0.05, 0) is 18.5 Å². The van der Waals surface area contributed by atoms with Crippen LogP contribution in [0.15, 0.2) is 0 Å². The van der Waals surface area contributed by atoms with E-state index in [4.69, 9.17) is 8.85 Å². The molecule has 0 N–H and O–H groups in total. The lowest BCUT2D eigenvalue weighted by Gasteiger charge is -2.29. The fourth-order valence-corrected chi connectivity index (χ4v) is 4.12. The van der Waals surface area contributed by atoms with Crippen LogP contribution in [0, 0.1) is 5.92 Å². The van der Waals surface area contributed by atoms with Crippen molar-refractivity contribution < 1.29 is 8.85 Å². The molecule has 2 nitrogen and oxygen atoms in total. The van der Waals surface area contributed by atoms with Crippen LogP contribution < -0.4 is 0 Å². The first-order valence-electron chi connectivity index (χ1n) is 5.30. The van der Waals surface area contributed by atoms with Gasteiger partial charge < -0.3 is 8.85 Å². The van der Waals surface area contributed by atoms with Gasteiger partial charge in [-0.25, -0.2) is 0 Å². The normalized spacial score (nSPS) is 20.5. The van der Waals surface area contributed by atoms with Crippen LogP contribution in [0.2, 0.25) is 12.6 Å². The molecule has 0 spiro atoms. The summed E-state index contributed by atoms with van der Waals surface area (Å²) in [6.07, 6.45) is 7.00. The lowest BCUT2D eigenvalue weighted by Crippen LogP contribution is -2.38. The zero-order valence-electron chi connectivity index (χ0n) is 9.14. The van der Waals surface area contributed by atoms with Crippen LogP contribution >= 0.6 is 0 Å². The van der Waals surface area contributed by atoms with Crippen molar-refractivity contribution in [3.8, 4) is 0 Å². The first-order chi connectivity index (χ1) is 6.20. The van der Waals surface area contributed by atoms with Crippen LogP contribution in [-0.2, 0) is 8.85 Å². The molecule has 0 aromatic carbocycles. The summed E-state index contributed by atoms with van der Waals surface area (Å²) in [5, 5.41) is 0. The van der Waals surface area contributed by atoms with Crippen molar-refractivity contribution >= 4 is 8.56 Å². The van der Waals surface area contributed by atoms with E-state index in [1.165, 1.54) is 38.1 Å². The summed E-state index contributed by atoms with van der Waals surface area (Å²) in [5.41, 5.74) is 0. The monoisotopic (exact) mass is 202 g/mol. The zero-order chi connectivity index (χ0) is 9.73. The van der Waals surface area contributed by atoms with Crippen LogP contribution in [-0.4, -0.2) is 22.8 Å². The smallest absolute Gasteiger partial charge is 0.334 e. The van der Waals surface area contributed by atoms with Gasteiger partial charge >= 0.3 is 8.56 Å². The maximum atomic E-state index is 5.51. The Balaban J connectivity index is 2.35. The second-order valence-electron chi connectivity index (χ2n) is 4.25. The van der Waals surface area contributed by atoms with Crippen molar-refractivity contribution in [2.75, 3.05) is 14.2 Å². The van der Waals surface area contributed by atoms with E-state index in [1.807, 2.05) is 0 Å². The summed E-state index contributed by atoms with van der Waals surface area (Å²) in [4.78, 5) is 0. The van der Waals surface area contributed by atoms with Crippen molar-refractivity contribution in [1.82, 2.24) is 0 Å². The molecule has 0 bridgehead atoms. The molecule has 0 atom stereocenters. The Morgan fingerprint density at radius 1 is 1.08 bits per heavy atom. The van der Waals surface area contributed by atoms with Gasteiger partial charge in [0.1, 0.15) is 0 Å². The zero-order valence-corrected chi connectivity index (χ0v) is 10.1. The molecule has 0 heterocycles. The Kier molecular flexibility index (Phi) is 4.42. The topological polar surface area (TPSA) is 18.5 Å². The van der Waals surface area contributed by atoms with E-state index in [0.29, 0.717) is 0 Å². The van der Waals surface area contributed by atoms with Crippen LogP contribution in [0.3, 0.4) is 0 Å². The van der Waals surface area contributed by atoms with Crippen LogP contribution in [0.4, 0.5) is 0 Å². The molecule has 0 saturated heterocycles. The third-order valence-electron chi connectivity index (χ3n) is 3.25. The molecule has 3 heteroatoms. The van der Waals surface area contributed by atoms with Crippen LogP contribution in [0.25, 0.3) is 0 Å². The van der Waals surface area contributed by atoms with Gasteiger partial charge in [-0.3, -0.25) is 0 Å². The molecule has 1 fully saturated rings. The third kappa shape index (κ3) is 3.41. The minimum atomic E-state index is -1.78. The lowest BCUT2D eigenvalue weighted by atomic mass is 9.91. The first kappa shape index (κ1) is 11.2. The van der Waals surface area contributed by atoms with E-state index in [0.717, 1.165) is 5.92 Å². The van der Waals surface area contributed by atoms with Gasteiger partial charge in [0.15, 0.2) is 0 Å². The van der Waals surface area contributed by atoms with Gasteiger partial charge in [0.2, 0.25) is 0 Å². The van der Waals surface area contributed by atoms with Gasteiger partial charge in [-0.1, -0.05) is 32.1 Å². The van der Waals surface area contributed by atoms with Crippen molar-refractivity contribution in [1.29, 1.82) is 0 Å². The summed E-state index contributed by atoms with van der Waals surface area (Å²) in [6, 6.07) is 1.18. The molecular formula is C10H22O2Si. The predicted molar refractivity (Wildman–Crippen MR) is 57.0 cm³/mol. The van der Waals surface area contributed by atoms with Crippen LogP contribution in [0.5, 0.6) is 0 Å². The average molecular weight is 202 g/mol. The molecule has 0 unspecified atom stereocenters. The second kappa shape index (κ2) is 5.13. The molecule has 78 valence electrons. The first-order valence-corrected chi connectivity index (χ1v) is 7.83. The van der Waals surface area contributed by atoms with Gasteiger partial charge in [0.05, 0.1) is 0 Å². The van der Waals surface area contributed by atoms with Crippen molar-refractivity contribution in [3.05, 3.63) is 0 Å². The molecule has 1 saturated carbocycles. The van der Waals surface area contributed by atoms with Gasteiger partial charge in [-0.2, -0.15) is 0 Å². The molecular weight excluding hydrogens is 180 g/mol. The molecule has 1 aliphatic carbocycles. The Morgan fingerprint density at radius 3 is 2.08 bits per heavy atom. The van der Waals surface area contributed by atoms with Gasteiger partial charge in [0.25, 0.3) is 0 Å². The third-order valence-corrected chi connectivity index (χ3v) is 6.29. The average Bonchev–Trinajstić information content (AvgIpc) is 2.19. The van der Waals surface area contributed by atoms with E-state index in [2.05, 4.69) is 6.55 Å². The SMILES string of the molecule is CO[Si](C)(CC1CCCCC1)OC. The predicted octanol–water partition coefficient (Wildman–Crippen LogP) is 2.93. The Morgan fingerprint density at radius 2 is 1.62 bits per heavy atom. The van der Waals surface area contributed by atoms with Gasteiger partial charge in [-0.15, -0.1) is 0 Å².